The van der Waals surface area contributed by atoms with Gasteiger partial charge in [0.1, 0.15) is 6.10 Å². The maximum absolute atomic E-state index is 11.2. The molecule has 1 aliphatic rings. The van der Waals surface area contributed by atoms with Crippen LogP contribution in [0.4, 0.5) is 0 Å². The van der Waals surface area contributed by atoms with E-state index < -0.39 is 11.9 Å². The van der Waals surface area contributed by atoms with Gasteiger partial charge in [0.2, 0.25) is 0 Å². The molecule has 1 aromatic heterocycles. The molecule has 116 valence electrons. The summed E-state index contributed by atoms with van der Waals surface area (Å²) in [6.07, 6.45) is -0.134. The van der Waals surface area contributed by atoms with E-state index >= 15 is 0 Å². The number of hydrogen-bond acceptors (Lipinski definition) is 5. The fourth-order valence-electron chi connectivity index (χ4n) is 2.79. The zero-order chi connectivity index (χ0) is 15.6. The Bertz CT molecular complexity index is 510. The van der Waals surface area contributed by atoms with Crippen LogP contribution in [0, 0.1) is 13.8 Å². The molecule has 2 unspecified atom stereocenters. The van der Waals surface area contributed by atoms with Gasteiger partial charge in [-0.05, 0) is 27.3 Å². The van der Waals surface area contributed by atoms with Crippen molar-refractivity contribution < 1.29 is 14.6 Å². The van der Waals surface area contributed by atoms with Crippen molar-refractivity contribution in [1.82, 2.24) is 14.9 Å². The number of aromatic nitrogens is 2. The van der Waals surface area contributed by atoms with Crippen molar-refractivity contribution in [2.75, 3.05) is 26.2 Å². The number of morpholine rings is 1. The number of nitrogens with zero attached hydrogens (tertiary/aromatic N) is 3. The summed E-state index contributed by atoms with van der Waals surface area (Å²) in [5.74, 6) is -0.799. The number of carbonyl (C=O) groups is 1. The first-order valence-electron chi connectivity index (χ1n) is 7.35. The molecule has 0 aliphatic carbocycles. The maximum atomic E-state index is 11.2. The van der Waals surface area contributed by atoms with Crippen LogP contribution < -0.4 is 0 Å². The second kappa shape index (κ2) is 6.49. The van der Waals surface area contributed by atoms with Gasteiger partial charge in [-0.2, -0.15) is 0 Å². The average molecular weight is 293 g/mol. The van der Waals surface area contributed by atoms with Crippen LogP contribution in [0.1, 0.15) is 48.6 Å². The third-order valence-corrected chi connectivity index (χ3v) is 4.03. The van der Waals surface area contributed by atoms with Gasteiger partial charge in [-0.25, -0.2) is 9.97 Å². The van der Waals surface area contributed by atoms with Crippen LogP contribution >= 0.6 is 0 Å². The fourth-order valence-corrected chi connectivity index (χ4v) is 2.79. The molecule has 1 aliphatic heterocycles. The van der Waals surface area contributed by atoms with Gasteiger partial charge in [0.15, 0.2) is 5.82 Å². The molecule has 0 spiro atoms. The summed E-state index contributed by atoms with van der Waals surface area (Å²) < 4.78 is 5.77. The molecule has 2 atom stereocenters. The predicted molar refractivity (Wildman–Crippen MR) is 78.4 cm³/mol. The minimum absolute atomic E-state index is 0.134. The standard InChI is InChI=1S/C15H23N3O3/c1-5-18-6-7-21-12(8-18)14-16-10(3)13(11(4)17-14)9(2)15(19)20/h9,12H,5-8H2,1-4H3,(H,19,20). The van der Waals surface area contributed by atoms with E-state index in [0.29, 0.717) is 18.0 Å². The lowest BCUT2D eigenvalue weighted by Crippen LogP contribution is -2.38. The van der Waals surface area contributed by atoms with Crippen LogP contribution in [0.15, 0.2) is 0 Å². The lowest BCUT2D eigenvalue weighted by molar-refractivity contribution is -0.138. The highest BCUT2D eigenvalue weighted by Gasteiger charge is 2.26. The highest BCUT2D eigenvalue weighted by Crippen LogP contribution is 2.25. The van der Waals surface area contributed by atoms with Crippen LogP contribution in [0.25, 0.3) is 0 Å². The Morgan fingerprint density at radius 1 is 1.43 bits per heavy atom. The first-order valence-corrected chi connectivity index (χ1v) is 7.35. The molecule has 21 heavy (non-hydrogen) atoms. The van der Waals surface area contributed by atoms with Crippen molar-refractivity contribution in [3.05, 3.63) is 22.8 Å². The van der Waals surface area contributed by atoms with Gasteiger partial charge in [0, 0.05) is 30.0 Å². The predicted octanol–water partition coefficient (Wildman–Crippen LogP) is 1.67. The summed E-state index contributed by atoms with van der Waals surface area (Å²) in [5, 5.41) is 9.18. The number of aryl methyl sites for hydroxylation is 2. The van der Waals surface area contributed by atoms with Crippen molar-refractivity contribution in [3.8, 4) is 0 Å². The molecule has 0 saturated carbocycles. The number of aliphatic carboxylic acids is 1. The molecule has 6 nitrogen and oxygen atoms in total. The van der Waals surface area contributed by atoms with Gasteiger partial charge in [0.25, 0.3) is 0 Å². The molecule has 1 saturated heterocycles. The van der Waals surface area contributed by atoms with Crippen molar-refractivity contribution in [3.63, 3.8) is 0 Å². The number of ether oxygens (including phenoxy) is 1. The molecule has 0 radical (unpaired) electrons. The van der Waals surface area contributed by atoms with Crippen LogP contribution in [0.2, 0.25) is 0 Å². The van der Waals surface area contributed by atoms with Crippen LogP contribution in [0.5, 0.6) is 0 Å². The van der Waals surface area contributed by atoms with Gasteiger partial charge in [-0.3, -0.25) is 9.69 Å². The first-order chi connectivity index (χ1) is 9.93. The van der Waals surface area contributed by atoms with Gasteiger partial charge in [0.05, 0.1) is 12.5 Å². The summed E-state index contributed by atoms with van der Waals surface area (Å²) in [6.45, 7) is 10.8. The largest absolute Gasteiger partial charge is 0.481 e. The summed E-state index contributed by atoms with van der Waals surface area (Å²) >= 11 is 0. The van der Waals surface area contributed by atoms with Gasteiger partial charge in [-0.15, -0.1) is 0 Å². The Morgan fingerprint density at radius 3 is 2.57 bits per heavy atom. The van der Waals surface area contributed by atoms with Crippen molar-refractivity contribution in [1.29, 1.82) is 0 Å². The summed E-state index contributed by atoms with van der Waals surface area (Å²) in [4.78, 5) is 22.5. The molecule has 6 heteroatoms. The Hall–Kier alpha value is -1.53. The van der Waals surface area contributed by atoms with E-state index in [2.05, 4.69) is 21.8 Å². The molecular formula is C15H23N3O3. The van der Waals surface area contributed by atoms with Crippen LogP contribution in [-0.4, -0.2) is 52.2 Å². The quantitative estimate of drug-likeness (QED) is 0.910. The van der Waals surface area contributed by atoms with Crippen molar-refractivity contribution >= 4 is 5.97 Å². The Labute approximate surface area is 125 Å². The van der Waals surface area contributed by atoms with Gasteiger partial charge >= 0.3 is 5.97 Å². The number of rotatable bonds is 4. The van der Waals surface area contributed by atoms with E-state index in [4.69, 9.17) is 4.74 Å². The normalized spacial score (nSPS) is 21.2. The Morgan fingerprint density at radius 2 is 2.05 bits per heavy atom. The molecule has 0 amide bonds. The molecule has 0 aromatic carbocycles. The van der Waals surface area contributed by atoms with E-state index in [-0.39, 0.29) is 6.10 Å². The lowest BCUT2D eigenvalue weighted by Gasteiger charge is -2.31. The third-order valence-electron chi connectivity index (χ3n) is 4.03. The van der Waals surface area contributed by atoms with E-state index in [1.165, 1.54) is 0 Å². The summed E-state index contributed by atoms with van der Waals surface area (Å²) in [7, 11) is 0. The van der Waals surface area contributed by atoms with E-state index in [0.717, 1.165) is 31.0 Å². The lowest BCUT2D eigenvalue weighted by atomic mass is 9.98. The smallest absolute Gasteiger partial charge is 0.310 e. The fraction of sp³-hybridized carbons (Fsp3) is 0.667. The number of carboxylic acids is 1. The van der Waals surface area contributed by atoms with E-state index in [9.17, 15) is 9.90 Å². The topological polar surface area (TPSA) is 75.5 Å². The van der Waals surface area contributed by atoms with E-state index in [1.54, 1.807) is 6.92 Å². The average Bonchev–Trinajstić information content (AvgIpc) is 2.46. The SMILES string of the molecule is CCN1CCOC(c2nc(C)c(C(C)C(=O)O)c(C)n2)C1. The Kier molecular flexibility index (Phi) is 4.90. The minimum atomic E-state index is -0.858. The molecule has 1 fully saturated rings. The zero-order valence-corrected chi connectivity index (χ0v) is 13.1. The Balaban J connectivity index is 2.29. The number of carboxylic acid groups (broad SMARTS) is 1. The molecular weight excluding hydrogens is 270 g/mol. The summed E-state index contributed by atoms with van der Waals surface area (Å²) in [6, 6.07) is 0. The molecule has 2 rings (SSSR count). The van der Waals surface area contributed by atoms with Crippen LogP contribution in [0.3, 0.4) is 0 Å². The van der Waals surface area contributed by atoms with Crippen LogP contribution in [-0.2, 0) is 9.53 Å². The monoisotopic (exact) mass is 293 g/mol. The number of likely N-dealkylation sites (N-methyl/N-ethyl adjacent to an activating group) is 1. The van der Waals surface area contributed by atoms with Gasteiger partial charge in [-0.1, -0.05) is 6.92 Å². The third kappa shape index (κ3) is 3.39. The molecule has 2 heterocycles. The van der Waals surface area contributed by atoms with Crippen molar-refractivity contribution in [2.45, 2.75) is 39.7 Å². The molecule has 1 N–H and O–H groups in total. The zero-order valence-electron chi connectivity index (χ0n) is 13.1. The minimum Gasteiger partial charge on any atom is -0.481 e. The van der Waals surface area contributed by atoms with Gasteiger partial charge < -0.3 is 9.84 Å². The second-order valence-electron chi connectivity index (χ2n) is 5.48. The van der Waals surface area contributed by atoms with E-state index in [1.807, 2.05) is 13.8 Å². The highest BCUT2D eigenvalue weighted by molar-refractivity contribution is 5.76. The summed E-state index contributed by atoms with van der Waals surface area (Å²) in [5.41, 5.74) is 2.16. The maximum Gasteiger partial charge on any atom is 0.310 e. The number of hydrogen-bond donors (Lipinski definition) is 1. The molecule has 1 aromatic rings. The molecule has 0 bridgehead atoms. The highest BCUT2D eigenvalue weighted by atomic mass is 16.5. The van der Waals surface area contributed by atoms with Crippen molar-refractivity contribution in [2.24, 2.45) is 0 Å². The second-order valence-corrected chi connectivity index (χ2v) is 5.48. The first kappa shape index (κ1) is 15.9.